The van der Waals surface area contributed by atoms with Crippen LogP contribution in [0.25, 0.3) is 0 Å². The molecular formula is C24H31ClN2O9. The highest BCUT2D eigenvalue weighted by Crippen LogP contribution is 2.41. The second-order valence-electron chi connectivity index (χ2n) is 7.84. The van der Waals surface area contributed by atoms with Crippen LogP contribution in [0.3, 0.4) is 0 Å². The number of carboxylic acids is 1. The van der Waals surface area contributed by atoms with Gasteiger partial charge in [0.25, 0.3) is 0 Å². The first-order valence-electron chi connectivity index (χ1n) is 11.2. The van der Waals surface area contributed by atoms with E-state index in [1.165, 1.54) is 7.11 Å². The third-order valence-corrected chi connectivity index (χ3v) is 5.73. The van der Waals surface area contributed by atoms with Crippen molar-refractivity contribution in [2.24, 2.45) is 0 Å². The maximum absolute atomic E-state index is 13.1. The molecule has 0 fully saturated rings. The van der Waals surface area contributed by atoms with Crippen LogP contribution in [0.15, 0.2) is 46.8 Å². The van der Waals surface area contributed by atoms with E-state index in [1.807, 2.05) is 0 Å². The molecule has 0 aromatic heterocycles. The summed E-state index contributed by atoms with van der Waals surface area (Å²) in [4.78, 5) is 37.1. The highest BCUT2D eigenvalue weighted by molar-refractivity contribution is 6.31. The van der Waals surface area contributed by atoms with E-state index in [9.17, 15) is 14.4 Å². The molecule has 2 unspecified atom stereocenters. The van der Waals surface area contributed by atoms with Gasteiger partial charge >= 0.3 is 17.9 Å². The Balaban J connectivity index is 2.34. The summed E-state index contributed by atoms with van der Waals surface area (Å²) in [5, 5.41) is 33.3. The van der Waals surface area contributed by atoms with Crippen LogP contribution in [0.2, 0.25) is 5.02 Å². The quantitative estimate of drug-likeness (QED) is 0.142. The Labute approximate surface area is 213 Å². The Kier molecular flexibility index (Phi) is 11.3. The molecule has 0 saturated carbocycles. The first kappa shape index (κ1) is 29.3. The molecule has 0 radical (unpaired) electrons. The van der Waals surface area contributed by atoms with Crippen molar-refractivity contribution >= 4 is 29.5 Å². The first-order valence-corrected chi connectivity index (χ1v) is 11.6. The van der Waals surface area contributed by atoms with E-state index in [0.29, 0.717) is 22.0 Å². The van der Waals surface area contributed by atoms with Crippen molar-refractivity contribution in [3.05, 3.63) is 57.4 Å². The van der Waals surface area contributed by atoms with Gasteiger partial charge in [-0.2, -0.15) is 0 Å². The number of carboxylic acid groups (broad SMARTS) is 1. The summed E-state index contributed by atoms with van der Waals surface area (Å²) < 4.78 is 15.9. The Morgan fingerprint density at radius 1 is 1.17 bits per heavy atom. The summed E-state index contributed by atoms with van der Waals surface area (Å²) in [6.45, 7) is 3.45. The zero-order valence-corrected chi connectivity index (χ0v) is 21.0. The number of methoxy groups -OCH3 is 1. The summed E-state index contributed by atoms with van der Waals surface area (Å²) in [6.07, 6.45) is -2.17. The van der Waals surface area contributed by atoms with Crippen LogP contribution in [-0.2, 0) is 28.6 Å². The van der Waals surface area contributed by atoms with Crippen molar-refractivity contribution < 1.29 is 43.9 Å². The molecule has 2 rings (SSSR count). The number of hydrogen-bond donors (Lipinski definition) is 5. The topological polar surface area (TPSA) is 164 Å². The fraction of sp³-hybridized carbons (Fsp3) is 0.458. The molecule has 1 aliphatic rings. The molecule has 1 aromatic carbocycles. The van der Waals surface area contributed by atoms with Crippen LogP contribution in [-0.4, -0.2) is 79.0 Å². The fourth-order valence-corrected chi connectivity index (χ4v) is 4.07. The lowest BCUT2D eigenvalue weighted by molar-refractivity contribution is -0.143. The monoisotopic (exact) mass is 526 g/mol. The molecule has 1 heterocycles. The molecule has 0 spiro atoms. The molecule has 12 heteroatoms. The minimum atomic E-state index is -1.77. The molecule has 0 saturated heterocycles. The summed E-state index contributed by atoms with van der Waals surface area (Å²) in [7, 11) is 1.24. The van der Waals surface area contributed by atoms with Gasteiger partial charge in [0.05, 0.1) is 49.7 Å². The third-order valence-electron chi connectivity index (χ3n) is 5.39. The molecule has 198 valence electrons. The minimum absolute atomic E-state index is 0.0377. The molecular weight excluding hydrogens is 496 g/mol. The minimum Gasteiger partial charge on any atom is -0.480 e. The van der Waals surface area contributed by atoms with E-state index < -0.39 is 42.6 Å². The highest BCUT2D eigenvalue weighted by atomic mass is 35.5. The number of esters is 2. The SMILES string of the molecule is CCOC(=O)C1=C(COCCNC(CC(O)O)C(=O)O)NC(C)=C(C(=O)OC)C1c1ccccc1Cl. The maximum Gasteiger partial charge on any atom is 0.336 e. The van der Waals surface area contributed by atoms with Gasteiger partial charge in [-0.3, -0.25) is 4.79 Å². The number of aliphatic carboxylic acids is 1. The van der Waals surface area contributed by atoms with Gasteiger partial charge < -0.3 is 40.2 Å². The number of carbonyl (C=O) groups is 3. The van der Waals surface area contributed by atoms with Gasteiger partial charge in [-0.25, -0.2) is 9.59 Å². The lowest BCUT2D eigenvalue weighted by Gasteiger charge is -2.31. The van der Waals surface area contributed by atoms with Crippen molar-refractivity contribution in [3.8, 4) is 0 Å². The highest BCUT2D eigenvalue weighted by Gasteiger charge is 2.39. The number of allylic oxidation sites excluding steroid dienone is 1. The Morgan fingerprint density at radius 2 is 1.86 bits per heavy atom. The number of ether oxygens (including phenoxy) is 3. The van der Waals surface area contributed by atoms with Gasteiger partial charge in [0.2, 0.25) is 0 Å². The second kappa shape index (κ2) is 14.0. The number of aliphatic hydroxyl groups excluding tert-OH is 1. The molecule has 0 aliphatic carbocycles. The van der Waals surface area contributed by atoms with Crippen LogP contribution < -0.4 is 10.6 Å². The number of rotatable bonds is 13. The van der Waals surface area contributed by atoms with Crippen LogP contribution in [0.1, 0.15) is 31.7 Å². The summed E-state index contributed by atoms with van der Waals surface area (Å²) in [5.41, 5.74) is 1.64. The molecule has 0 bridgehead atoms. The van der Waals surface area contributed by atoms with Crippen molar-refractivity contribution in [1.29, 1.82) is 0 Å². The Morgan fingerprint density at radius 3 is 2.44 bits per heavy atom. The van der Waals surface area contributed by atoms with Gasteiger partial charge in [0.15, 0.2) is 6.29 Å². The molecule has 2 atom stereocenters. The number of aliphatic hydroxyl groups is 2. The predicted octanol–water partition coefficient (Wildman–Crippen LogP) is 1.05. The van der Waals surface area contributed by atoms with E-state index >= 15 is 0 Å². The van der Waals surface area contributed by atoms with Gasteiger partial charge in [0.1, 0.15) is 6.04 Å². The Bertz CT molecular complexity index is 1020. The molecule has 36 heavy (non-hydrogen) atoms. The van der Waals surface area contributed by atoms with Crippen molar-refractivity contribution in [1.82, 2.24) is 10.6 Å². The van der Waals surface area contributed by atoms with Crippen LogP contribution in [0.5, 0.6) is 0 Å². The third kappa shape index (κ3) is 7.52. The number of halogens is 1. The van der Waals surface area contributed by atoms with E-state index in [0.717, 1.165) is 0 Å². The average Bonchev–Trinajstić information content (AvgIpc) is 2.82. The lowest BCUT2D eigenvalue weighted by atomic mass is 9.80. The number of benzene rings is 1. The molecule has 5 N–H and O–H groups in total. The normalized spacial score (nSPS) is 16.6. The smallest absolute Gasteiger partial charge is 0.336 e. The van der Waals surface area contributed by atoms with Crippen LogP contribution >= 0.6 is 11.6 Å². The molecule has 1 aromatic rings. The summed E-state index contributed by atoms with van der Waals surface area (Å²) in [5.74, 6) is -3.42. The zero-order valence-electron chi connectivity index (χ0n) is 20.2. The number of dihydropyridines is 1. The van der Waals surface area contributed by atoms with Crippen LogP contribution in [0.4, 0.5) is 0 Å². The van der Waals surface area contributed by atoms with Crippen molar-refractivity contribution in [3.63, 3.8) is 0 Å². The average molecular weight is 527 g/mol. The second-order valence-corrected chi connectivity index (χ2v) is 8.24. The van der Waals surface area contributed by atoms with Crippen molar-refractivity contribution in [2.45, 2.75) is 38.5 Å². The van der Waals surface area contributed by atoms with Gasteiger partial charge in [-0.15, -0.1) is 0 Å². The van der Waals surface area contributed by atoms with Crippen LogP contribution in [0, 0.1) is 0 Å². The molecule has 11 nitrogen and oxygen atoms in total. The molecule has 1 aliphatic heterocycles. The number of hydrogen-bond acceptors (Lipinski definition) is 10. The summed E-state index contributed by atoms with van der Waals surface area (Å²) in [6, 6.07) is 5.65. The summed E-state index contributed by atoms with van der Waals surface area (Å²) >= 11 is 6.46. The standard InChI is InChI=1S/C24H31ClN2O9/c1-4-36-24(33)21-17(12-35-10-9-26-16(22(30)31)11-18(28)29)27-13(2)19(23(32)34-3)20(21)14-7-5-6-8-15(14)25/h5-8,16,18,20,26-29H,4,9-12H2,1-3H3,(H,30,31). The first-order chi connectivity index (χ1) is 17.1. The largest absolute Gasteiger partial charge is 0.480 e. The predicted molar refractivity (Wildman–Crippen MR) is 129 cm³/mol. The molecule has 0 amide bonds. The van der Waals surface area contributed by atoms with E-state index in [4.69, 9.17) is 41.1 Å². The zero-order chi connectivity index (χ0) is 26.8. The van der Waals surface area contributed by atoms with Gasteiger partial charge in [0, 0.05) is 23.7 Å². The van der Waals surface area contributed by atoms with E-state index in [-0.39, 0.29) is 37.5 Å². The fourth-order valence-electron chi connectivity index (χ4n) is 3.82. The lowest BCUT2D eigenvalue weighted by Crippen LogP contribution is -2.41. The van der Waals surface area contributed by atoms with E-state index in [1.54, 1.807) is 38.1 Å². The van der Waals surface area contributed by atoms with Gasteiger partial charge in [-0.1, -0.05) is 29.8 Å². The van der Waals surface area contributed by atoms with Gasteiger partial charge in [-0.05, 0) is 25.5 Å². The van der Waals surface area contributed by atoms with E-state index in [2.05, 4.69) is 10.6 Å². The Hall–Kier alpha value is -2.96. The number of nitrogens with one attached hydrogen (secondary N) is 2. The number of carbonyl (C=O) groups excluding carboxylic acids is 2. The van der Waals surface area contributed by atoms with Crippen molar-refractivity contribution in [2.75, 3.05) is 33.5 Å². The maximum atomic E-state index is 13.1.